The number of aliphatic hydroxyl groups excluding tert-OH is 1. The number of thiophene rings is 1. The van der Waals surface area contributed by atoms with E-state index in [1.165, 1.54) is 49.7 Å². The fourth-order valence-electron chi connectivity index (χ4n) is 7.53. The van der Waals surface area contributed by atoms with Gasteiger partial charge in [0.1, 0.15) is 6.33 Å². The van der Waals surface area contributed by atoms with Crippen LogP contribution < -0.4 is 0 Å². The number of aromatic nitrogens is 2. The molecule has 0 amide bonds. The molecule has 1 aliphatic rings. The van der Waals surface area contributed by atoms with Crippen molar-refractivity contribution in [1.29, 1.82) is 0 Å². The Kier molecular flexibility index (Phi) is 14.0. The van der Waals surface area contributed by atoms with Crippen LogP contribution >= 0.6 is 11.3 Å². The predicted octanol–water partition coefficient (Wildman–Crippen LogP) is 12.8. The maximum absolute atomic E-state index is 11.7. The molecule has 1 aliphatic carbocycles. The SMILES string of the molecule is CC(C)Cc1ccc2c(c1)CCc1c-2sc2c(-c3[c-]c4ccccc4c(-c4ccccc4)c3)ncnc12.CCC(CC)C(=O)/C=C(\O)C(CC)CC.[Ir]. The molecule has 53 heavy (non-hydrogen) atoms. The number of aliphatic hydroxyl groups is 1. The number of allylic oxidation sites excluding steroid dienone is 2. The van der Waals surface area contributed by atoms with Crippen LogP contribution in [0.2, 0.25) is 0 Å². The number of ketones is 1. The van der Waals surface area contributed by atoms with Gasteiger partial charge in [-0.15, -0.1) is 34.9 Å². The average Bonchev–Trinajstić information content (AvgIpc) is 3.55. The van der Waals surface area contributed by atoms with Gasteiger partial charge in [0, 0.05) is 53.3 Å². The zero-order chi connectivity index (χ0) is 36.8. The van der Waals surface area contributed by atoms with Crippen molar-refractivity contribution in [2.75, 3.05) is 0 Å². The van der Waals surface area contributed by atoms with Gasteiger partial charge in [0.05, 0.1) is 11.3 Å². The number of carbonyl (C=O) groups is 1. The van der Waals surface area contributed by atoms with Crippen LogP contribution in [0.15, 0.2) is 97.0 Å². The van der Waals surface area contributed by atoms with Crippen LogP contribution in [0, 0.1) is 23.8 Å². The van der Waals surface area contributed by atoms with E-state index in [1.54, 1.807) is 6.33 Å². The number of hydrogen-bond donors (Lipinski definition) is 1. The second-order valence-electron chi connectivity index (χ2n) is 14.4. The smallest absolute Gasteiger partial charge is 0.162 e. The van der Waals surface area contributed by atoms with Crippen molar-refractivity contribution in [3.63, 3.8) is 0 Å². The topological polar surface area (TPSA) is 63.1 Å². The number of benzene rings is 4. The van der Waals surface area contributed by atoms with Crippen LogP contribution in [0.3, 0.4) is 0 Å². The molecule has 0 spiro atoms. The molecule has 7 rings (SSSR count). The van der Waals surface area contributed by atoms with Crippen molar-refractivity contribution in [3.05, 3.63) is 120 Å². The number of fused-ring (bicyclic) bond motifs is 6. The van der Waals surface area contributed by atoms with E-state index in [4.69, 9.17) is 9.97 Å². The summed E-state index contributed by atoms with van der Waals surface area (Å²) < 4.78 is 1.16. The fraction of sp³-hybridized carbons (Fsp3) is 0.340. The summed E-state index contributed by atoms with van der Waals surface area (Å²) >= 11 is 1.85. The molecule has 4 nitrogen and oxygen atoms in total. The molecular weight excluding hydrogens is 849 g/mol. The summed E-state index contributed by atoms with van der Waals surface area (Å²) in [5.41, 5.74) is 11.2. The standard InChI is InChI=1S/C34H27N2S.C13H24O2.Ir/c1-21(2)16-22-12-14-28-25(17-22)13-15-29-32-34(37-33(28)29)31(35-20-36-32)26-18-24-10-6-7-11-27(24)30(19-26)23-8-4-3-5-9-23;1-5-10(6-2)12(14)9-13(15)11(7-3)8-4;/h3-12,14,17,19-21H,13,15-16H2,1-2H3;9-11,14H,5-8H2,1-4H3;/q-1;;/b;12-9-;. The molecule has 0 saturated carbocycles. The summed E-state index contributed by atoms with van der Waals surface area (Å²) in [6, 6.07) is 32.1. The minimum Gasteiger partial charge on any atom is -0.512 e. The number of rotatable bonds is 11. The number of hydrogen-bond acceptors (Lipinski definition) is 5. The van der Waals surface area contributed by atoms with Gasteiger partial charge in [-0.1, -0.05) is 125 Å². The van der Waals surface area contributed by atoms with Crippen molar-refractivity contribution in [2.45, 2.75) is 86.5 Å². The first-order chi connectivity index (χ1) is 25.3. The van der Waals surface area contributed by atoms with E-state index in [0.717, 1.165) is 71.8 Å². The molecule has 277 valence electrons. The predicted molar refractivity (Wildman–Crippen MR) is 220 cm³/mol. The van der Waals surface area contributed by atoms with Gasteiger partial charge in [-0.3, -0.25) is 9.78 Å². The third-order valence-electron chi connectivity index (χ3n) is 10.5. The Balaban J connectivity index is 0.000000290. The monoisotopic (exact) mass is 900 g/mol. The van der Waals surface area contributed by atoms with Gasteiger partial charge in [0.2, 0.25) is 0 Å². The average molecular weight is 900 g/mol. The molecule has 2 heterocycles. The molecule has 0 atom stereocenters. The third-order valence-corrected chi connectivity index (χ3v) is 11.7. The molecule has 0 aliphatic heterocycles. The van der Waals surface area contributed by atoms with Gasteiger partial charge in [0.25, 0.3) is 0 Å². The van der Waals surface area contributed by atoms with E-state index < -0.39 is 0 Å². The molecule has 1 radical (unpaired) electrons. The van der Waals surface area contributed by atoms with Gasteiger partial charge < -0.3 is 5.11 Å². The van der Waals surface area contributed by atoms with Gasteiger partial charge in [-0.05, 0) is 78.7 Å². The molecule has 0 saturated heterocycles. The van der Waals surface area contributed by atoms with Gasteiger partial charge in [-0.25, -0.2) is 4.98 Å². The largest absolute Gasteiger partial charge is 0.512 e. The minimum absolute atomic E-state index is 0. The second-order valence-corrected chi connectivity index (χ2v) is 15.4. The first kappa shape index (κ1) is 40.2. The van der Waals surface area contributed by atoms with E-state index >= 15 is 0 Å². The molecular formula is C47H51IrN2O2S-. The molecule has 6 aromatic rings. The number of aryl methyl sites for hydroxylation is 2. The van der Waals surface area contributed by atoms with Gasteiger partial charge in [0.15, 0.2) is 5.78 Å². The van der Waals surface area contributed by atoms with Gasteiger partial charge >= 0.3 is 0 Å². The number of nitrogens with zero attached hydrogens (tertiary/aromatic N) is 2. The quantitative estimate of drug-likeness (QED) is 0.0799. The molecule has 1 N–H and O–H groups in total. The Hall–Kier alpha value is -3.96. The van der Waals surface area contributed by atoms with Crippen molar-refractivity contribution < 1.29 is 30.0 Å². The van der Waals surface area contributed by atoms with E-state index in [9.17, 15) is 9.90 Å². The Morgan fingerprint density at radius 2 is 1.55 bits per heavy atom. The van der Waals surface area contributed by atoms with Crippen molar-refractivity contribution in [3.8, 4) is 32.8 Å². The second kappa shape index (κ2) is 18.4. The van der Waals surface area contributed by atoms with Crippen LogP contribution in [0.4, 0.5) is 0 Å². The molecule has 0 unspecified atom stereocenters. The van der Waals surface area contributed by atoms with Crippen molar-refractivity contribution >= 4 is 38.1 Å². The van der Waals surface area contributed by atoms with Gasteiger partial charge in [-0.2, -0.15) is 0 Å². The Morgan fingerprint density at radius 3 is 2.25 bits per heavy atom. The van der Waals surface area contributed by atoms with E-state index in [2.05, 4.69) is 98.8 Å². The summed E-state index contributed by atoms with van der Waals surface area (Å²) in [5.74, 6) is 1.21. The summed E-state index contributed by atoms with van der Waals surface area (Å²) in [6.07, 6.45) is 9.87. The Morgan fingerprint density at radius 1 is 0.849 bits per heavy atom. The van der Waals surface area contributed by atoms with Crippen molar-refractivity contribution in [2.24, 2.45) is 17.8 Å². The van der Waals surface area contributed by atoms with Crippen LogP contribution in [0.25, 0.3) is 53.8 Å². The fourth-order valence-corrected chi connectivity index (χ4v) is 8.89. The maximum Gasteiger partial charge on any atom is 0.162 e. The van der Waals surface area contributed by atoms with Crippen LogP contribution in [-0.4, -0.2) is 20.9 Å². The number of carbonyl (C=O) groups excluding carboxylic acids is 1. The molecule has 0 fully saturated rings. The molecule has 2 aromatic heterocycles. The normalized spacial score (nSPS) is 12.4. The van der Waals surface area contributed by atoms with Crippen LogP contribution in [-0.2, 0) is 44.2 Å². The summed E-state index contributed by atoms with van der Waals surface area (Å²) in [4.78, 5) is 22.7. The zero-order valence-electron chi connectivity index (χ0n) is 31.8. The van der Waals surface area contributed by atoms with Crippen LogP contribution in [0.5, 0.6) is 0 Å². The summed E-state index contributed by atoms with van der Waals surface area (Å²) in [7, 11) is 0. The zero-order valence-corrected chi connectivity index (χ0v) is 35.0. The summed E-state index contributed by atoms with van der Waals surface area (Å²) in [5, 5.41) is 12.1. The Labute approximate surface area is 333 Å². The summed E-state index contributed by atoms with van der Waals surface area (Å²) in [6.45, 7) is 12.6. The minimum atomic E-state index is 0. The van der Waals surface area contributed by atoms with Crippen molar-refractivity contribution in [1.82, 2.24) is 9.97 Å². The maximum atomic E-state index is 11.7. The van der Waals surface area contributed by atoms with E-state index in [0.29, 0.717) is 5.92 Å². The van der Waals surface area contributed by atoms with Crippen LogP contribution in [0.1, 0.15) is 83.9 Å². The third kappa shape index (κ3) is 8.89. The van der Waals surface area contributed by atoms with E-state index in [-0.39, 0.29) is 43.5 Å². The van der Waals surface area contributed by atoms with E-state index in [1.807, 2.05) is 39.0 Å². The first-order valence-electron chi connectivity index (χ1n) is 19.1. The Bertz CT molecular complexity index is 2200. The molecule has 0 bridgehead atoms. The first-order valence-corrected chi connectivity index (χ1v) is 19.9. The molecule has 6 heteroatoms. The molecule has 4 aromatic carbocycles.